The number of hydrogen-bond acceptors (Lipinski definition) is 5. The molecule has 1 atom stereocenters. The monoisotopic (exact) mass is 356 g/mol. The van der Waals surface area contributed by atoms with Gasteiger partial charge in [0.1, 0.15) is 0 Å². The first-order valence-corrected chi connectivity index (χ1v) is 7.54. The summed E-state index contributed by atoms with van der Waals surface area (Å²) in [5.74, 6) is -0.657. The van der Waals surface area contributed by atoms with Crippen molar-refractivity contribution in [2.75, 3.05) is 26.2 Å². The van der Waals surface area contributed by atoms with Crippen LogP contribution in [0.1, 0.15) is 23.2 Å². The maximum absolute atomic E-state index is 12.5. The Bertz CT molecular complexity index is 611. The number of likely N-dealkylation sites (tertiary alicyclic amines) is 1. The highest BCUT2D eigenvalue weighted by atomic mass is 35.5. The first kappa shape index (κ1) is 19.9. The van der Waals surface area contributed by atoms with Gasteiger partial charge in [0.15, 0.2) is 0 Å². The van der Waals surface area contributed by atoms with Crippen molar-refractivity contribution in [2.45, 2.75) is 12.8 Å². The second-order valence-corrected chi connectivity index (χ2v) is 5.48. The van der Waals surface area contributed by atoms with Gasteiger partial charge in [-0.15, -0.1) is 12.4 Å². The molecule has 2 amide bonds. The highest BCUT2D eigenvalue weighted by molar-refractivity contribution is 5.95. The van der Waals surface area contributed by atoms with Gasteiger partial charge >= 0.3 is 0 Å². The minimum Gasteiger partial charge on any atom is -0.355 e. The van der Waals surface area contributed by atoms with E-state index in [1.807, 2.05) is 0 Å². The summed E-state index contributed by atoms with van der Waals surface area (Å²) in [6.45, 7) is 1.64. The lowest BCUT2D eigenvalue weighted by molar-refractivity contribution is -0.384. The van der Waals surface area contributed by atoms with Crippen LogP contribution in [0, 0.1) is 16.0 Å². The molecular weight excluding hydrogens is 336 g/mol. The van der Waals surface area contributed by atoms with Crippen molar-refractivity contribution in [1.82, 2.24) is 10.2 Å². The Labute approximate surface area is 145 Å². The van der Waals surface area contributed by atoms with Crippen LogP contribution in [0.25, 0.3) is 0 Å². The van der Waals surface area contributed by atoms with Crippen molar-refractivity contribution < 1.29 is 14.5 Å². The van der Waals surface area contributed by atoms with Gasteiger partial charge in [-0.3, -0.25) is 19.7 Å². The summed E-state index contributed by atoms with van der Waals surface area (Å²) >= 11 is 0. The predicted molar refractivity (Wildman–Crippen MR) is 91.0 cm³/mol. The minimum atomic E-state index is -0.532. The fraction of sp³-hybridized carbons (Fsp3) is 0.467. The summed E-state index contributed by atoms with van der Waals surface area (Å²) in [7, 11) is 0. The van der Waals surface area contributed by atoms with Crippen molar-refractivity contribution in [2.24, 2.45) is 11.7 Å². The second kappa shape index (κ2) is 9.19. The molecule has 1 heterocycles. The maximum Gasteiger partial charge on any atom is 0.270 e. The molecule has 8 nitrogen and oxygen atoms in total. The molecule has 0 radical (unpaired) electrons. The van der Waals surface area contributed by atoms with E-state index >= 15 is 0 Å². The van der Waals surface area contributed by atoms with E-state index in [9.17, 15) is 19.7 Å². The number of piperidine rings is 1. The van der Waals surface area contributed by atoms with E-state index in [0.717, 1.165) is 12.8 Å². The number of nitro benzene ring substituents is 1. The molecule has 0 spiro atoms. The van der Waals surface area contributed by atoms with Crippen molar-refractivity contribution in [3.8, 4) is 0 Å². The van der Waals surface area contributed by atoms with Gasteiger partial charge < -0.3 is 16.0 Å². The number of nitro groups is 1. The molecule has 0 saturated carbocycles. The number of hydrogen-bond donors (Lipinski definition) is 2. The van der Waals surface area contributed by atoms with Crippen LogP contribution in [0.4, 0.5) is 5.69 Å². The standard InChI is InChI=1S/C15H20N4O4.ClH/c16-6-7-17-14(20)12-4-2-8-18(10-12)15(21)11-3-1-5-13(9-11)19(22)23;/h1,3,5,9,12H,2,4,6-8,10,16H2,(H,17,20);1H. The van der Waals surface area contributed by atoms with E-state index in [2.05, 4.69) is 5.32 Å². The predicted octanol–water partition coefficient (Wildman–Crippen LogP) is 0.944. The first-order valence-electron chi connectivity index (χ1n) is 7.54. The normalized spacial score (nSPS) is 16.9. The number of benzene rings is 1. The molecule has 132 valence electrons. The number of amides is 2. The smallest absolute Gasteiger partial charge is 0.270 e. The van der Waals surface area contributed by atoms with Crippen molar-refractivity contribution in [1.29, 1.82) is 0 Å². The maximum atomic E-state index is 12.5. The van der Waals surface area contributed by atoms with Crippen LogP contribution in [-0.2, 0) is 4.79 Å². The van der Waals surface area contributed by atoms with E-state index in [4.69, 9.17) is 5.73 Å². The summed E-state index contributed by atoms with van der Waals surface area (Å²) in [6.07, 6.45) is 1.44. The fourth-order valence-electron chi connectivity index (χ4n) is 2.65. The number of rotatable bonds is 5. The van der Waals surface area contributed by atoms with Crippen LogP contribution < -0.4 is 11.1 Å². The van der Waals surface area contributed by atoms with Gasteiger partial charge in [-0.1, -0.05) is 6.07 Å². The number of carbonyl (C=O) groups is 2. The number of nitrogens with two attached hydrogens (primary N) is 1. The zero-order valence-electron chi connectivity index (χ0n) is 13.1. The molecule has 24 heavy (non-hydrogen) atoms. The van der Waals surface area contributed by atoms with E-state index < -0.39 is 4.92 Å². The molecule has 3 N–H and O–H groups in total. The van der Waals surface area contributed by atoms with E-state index in [1.165, 1.54) is 18.2 Å². The number of halogens is 1. The van der Waals surface area contributed by atoms with Crippen LogP contribution >= 0.6 is 12.4 Å². The fourth-order valence-corrected chi connectivity index (χ4v) is 2.65. The zero-order valence-corrected chi connectivity index (χ0v) is 14.0. The molecule has 0 aromatic heterocycles. The molecule has 0 aliphatic carbocycles. The largest absolute Gasteiger partial charge is 0.355 e. The molecule has 1 fully saturated rings. The highest BCUT2D eigenvalue weighted by Crippen LogP contribution is 2.20. The Morgan fingerprint density at radius 1 is 1.42 bits per heavy atom. The van der Waals surface area contributed by atoms with Gasteiger partial charge in [0.2, 0.25) is 5.91 Å². The quantitative estimate of drug-likeness (QED) is 0.601. The van der Waals surface area contributed by atoms with Crippen molar-refractivity contribution in [3.05, 3.63) is 39.9 Å². The minimum absolute atomic E-state index is 0. The summed E-state index contributed by atoms with van der Waals surface area (Å²) in [5.41, 5.74) is 5.51. The number of nitrogens with one attached hydrogen (secondary N) is 1. The molecule has 1 aromatic carbocycles. The molecular formula is C15H21ClN4O4. The van der Waals surface area contributed by atoms with Crippen molar-refractivity contribution in [3.63, 3.8) is 0 Å². The zero-order chi connectivity index (χ0) is 16.8. The third-order valence-electron chi connectivity index (χ3n) is 3.83. The Hall–Kier alpha value is -2.19. The van der Waals surface area contributed by atoms with Gasteiger partial charge in [-0.05, 0) is 18.9 Å². The SMILES string of the molecule is Cl.NCCNC(=O)C1CCCN(C(=O)c2cccc([N+](=O)[O-])c2)C1. The Morgan fingerprint density at radius 3 is 2.83 bits per heavy atom. The van der Waals surface area contributed by atoms with Gasteiger partial charge in [0.25, 0.3) is 11.6 Å². The Kier molecular flexibility index (Phi) is 7.60. The first-order chi connectivity index (χ1) is 11.0. The molecule has 1 saturated heterocycles. The Morgan fingerprint density at radius 2 is 2.17 bits per heavy atom. The van der Waals surface area contributed by atoms with Crippen molar-refractivity contribution >= 4 is 29.9 Å². The summed E-state index contributed by atoms with van der Waals surface area (Å²) in [4.78, 5) is 36.4. The highest BCUT2D eigenvalue weighted by Gasteiger charge is 2.29. The average molecular weight is 357 g/mol. The van der Waals surface area contributed by atoms with Crippen LogP contribution in [-0.4, -0.2) is 47.8 Å². The number of nitrogens with zero attached hydrogens (tertiary/aromatic N) is 2. The molecule has 2 rings (SSSR count). The van der Waals surface area contributed by atoms with Gasteiger partial charge in [-0.2, -0.15) is 0 Å². The van der Waals surface area contributed by atoms with Gasteiger partial charge in [0, 0.05) is 43.9 Å². The second-order valence-electron chi connectivity index (χ2n) is 5.48. The van der Waals surface area contributed by atoms with Crippen LogP contribution in [0.2, 0.25) is 0 Å². The molecule has 1 unspecified atom stereocenters. The number of non-ortho nitro benzene ring substituents is 1. The average Bonchev–Trinajstić information content (AvgIpc) is 2.59. The third kappa shape index (κ3) is 4.90. The van der Waals surface area contributed by atoms with Gasteiger partial charge in [0.05, 0.1) is 10.8 Å². The molecule has 1 aromatic rings. The molecule has 9 heteroatoms. The van der Waals surface area contributed by atoms with Crippen LogP contribution in [0.3, 0.4) is 0 Å². The van der Waals surface area contributed by atoms with E-state index in [-0.39, 0.29) is 41.4 Å². The lowest BCUT2D eigenvalue weighted by Gasteiger charge is -2.32. The number of carbonyl (C=O) groups excluding carboxylic acids is 2. The molecule has 0 bridgehead atoms. The summed E-state index contributed by atoms with van der Waals surface area (Å²) in [6, 6.07) is 5.64. The lowest BCUT2D eigenvalue weighted by Crippen LogP contribution is -2.46. The summed E-state index contributed by atoms with van der Waals surface area (Å²) in [5, 5.41) is 13.5. The third-order valence-corrected chi connectivity index (χ3v) is 3.83. The molecule has 1 aliphatic heterocycles. The lowest BCUT2D eigenvalue weighted by atomic mass is 9.96. The van der Waals surface area contributed by atoms with Crippen LogP contribution in [0.15, 0.2) is 24.3 Å². The Balaban J connectivity index is 0.00000288. The summed E-state index contributed by atoms with van der Waals surface area (Å²) < 4.78 is 0. The van der Waals surface area contributed by atoms with E-state index in [1.54, 1.807) is 11.0 Å². The van der Waals surface area contributed by atoms with Gasteiger partial charge in [-0.25, -0.2) is 0 Å². The van der Waals surface area contributed by atoms with E-state index in [0.29, 0.717) is 26.2 Å². The molecule has 1 aliphatic rings. The van der Waals surface area contributed by atoms with Crippen LogP contribution in [0.5, 0.6) is 0 Å². The topological polar surface area (TPSA) is 119 Å².